The van der Waals surface area contributed by atoms with Crippen molar-refractivity contribution in [3.8, 4) is 11.5 Å². The van der Waals surface area contributed by atoms with Crippen molar-refractivity contribution in [1.29, 1.82) is 0 Å². The summed E-state index contributed by atoms with van der Waals surface area (Å²) in [5.74, 6) is -0.614. The van der Waals surface area contributed by atoms with Crippen molar-refractivity contribution in [3.63, 3.8) is 0 Å². The van der Waals surface area contributed by atoms with Crippen molar-refractivity contribution >= 4 is 5.91 Å². The van der Waals surface area contributed by atoms with Gasteiger partial charge in [-0.15, -0.1) is 0 Å². The predicted octanol–water partition coefficient (Wildman–Crippen LogP) is 1.52. The van der Waals surface area contributed by atoms with Crippen LogP contribution in [0.25, 0.3) is 0 Å². The summed E-state index contributed by atoms with van der Waals surface area (Å²) in [6, 6.07) is 9.12. The minimum atomic E-state index is -0.834. The third-order valence-electron chi connectivity index (χ3n) is 4.83. The highest BCUT2D eigenvalue weighted by Gasteiger charge is 2.25. The summed E-state index contributed by atoms with van der Waals surface area (Å²) in [5, 5.41) is 0. The molecule has 0 spiro atoms. The van der Waals surface area contributed by atoms with E-state index in [4.69, 9.17) is 9.47 Å². The van der Waals surface area contributed by atoms with E-state index in [1.165, 1.54) is 18.1 Å². The number of benzene rings is 2. The van der Waals surface area contributed by atoms with E-state index in [1.54, 1.807) is 36.3 Å². The number of carbonyl (C=O) groups excluding carboxylic acids is 1. The lowest BCUT2D eigenvalue weighted by molar-refractivity contribution is -0.917. The summed E-state index contributed by atoms with van der Waals surface area (Å²) in [4.78, 5) is 15.8. The highest BCUT2D eigenvalue weighted by Crippen LogP contribution is 2.28. The zero-order valence-electron chi connectivity index (χ0n) is 15.4. The van der Waals surface area contributed by atoms with Crippen LogP contribution in [-0.4, -0.2) is 51.2 Å². The number of piperazine rings is 1. The molecule has 1 N–H and O–H groups in total. The fraction of sp³-hybridized carbons (Fsp3) is 0.350. The van der Waals surface area contributed by atoms with Crippen molar-refractivity contribution in [2.45, 2.75) is 6.54 Å². The number of quaternary nitrogens is 1. The fourth-order valence-corrected chi connectivity index (χ4v) is 3.29. The first kappa shape index (κ1) is 19.1. The van der Waals surface area contributed by atoms with Crippen molar-refractivity contribution in [1.82, 2.24) is 4.90 Å². The Balaban J connectivity index is 1.60. The number of nitrogens with zero attached hydrogens (tertiary/aromatic N) is 1. The van der Waals surface area contributed by atoms with Crippen molar-refractivity contribution in [2.24, 2.45) is 0 Å². The molecule has 1 aliphatic heterocycles. The van der Waals surface area contributed by atoms with Crippen LogP contribution < -0.4 is 14.4 Å². The van der Waals surface area contributed by atoms with Gasteiger partial charge in [-0.25, -0.2) is 8.78 Å². The number of rotatable bonds is 5. The highest BCUT2D eigenvalue weighted by atomic mass is 19.2. The molecule has 0 atom stereocenters. The van der Waals surface area contributed by atoms with Gasteiger partial charge >= 0.3 is 0 Å². The first-order valence-electron chi connectivity index (χ1n) is 8.80. The van der Waals surface area contributed by atoms with Gasteiger partial charge in [0.15, 0.2) is 23.1 Å². The van der Waals surface area contributed by atoms with Gasteiger partial charge in [-0.2, -0.15) is 0 Å². The Morgan fingerprint density at radius 2 is 1.70 bits per heavy atom. The van der Waals surface area contributed by atoms with Gasteiger partial charge in [-0.05, 0) is 30.3 Å². The molecule has 0 aromatic heterocycles. The lowest BCUT2D eigenvalue weighted by atomic mass is 10.1. The van der Waals surface area contributed by atoms with Crippen LogP contribution in [0, 0.1) is 11.6 Å². The number of methoxy groups -OCH3 is 2. The molecule has 2 aromatic rings. The number of hydrogen-bond donors (Lipinski definition) is 1. The van der Waals surface area contributed by atoms with Crippen LogP contribution in [-0.2, 0) is 6.54 Å². The first-order valence-corrected chi connectivity index (χ1v) is 8.80. The zero-order chi connectivity index (χ0) is 19.4. The molecule has 3 rings (SSSR count). The molecule has 0 saturated carbocycles. The molecule has 2 aromatic carbocycles. The van der Waals surface area contributed by atoms with E-state index >= 15 is 0 Å². The number of halogens is 2. The summed E-state index contributed by atoms with van der Waals surface area (Å²) in [6.07, 6.45) is 0. The lowest BCUT2D eigenvalue weighted by Gasteiger charge is -2.32. The quantitative estimate of drug-likeness (QED) is 0.859. The molecule has 1 saturated heterocycles. The van der Waals surface area contributed by atoms with Crippen molar-refractivity contribution in [2.75, 3.05) is 40.4 Å². The fourth-order valence-electron chi connectivity index (χ4n) is 3.29. The topological polar surface area (TPSA) is 43.2 Å². The third kappa shape index (κ3) is 4.36. The Morgan fingerprint density at radius 3 is 2.33 bits per heavy atom. The maximum absolute atomic E-state index is 13.3. The minimum Gasteiger partial charge on any atom is -0.493 e. The molecule has 1 heterocycles. The Kier molecular flexibility index (Phi) is 5.91. The van der Waals surface area contributed by atoms with Gasteiger partial charge in [-0.1, -0.05) is 6.07 Å². The molecule has 27 heavy (non-hydrogen) atoms. The van der Waals surface area contributed by atoms with E-state index in [1.807, 2.05) is 0 Å². The smallest absolute Gasteiger partial charge is 0.254 e. The molecule has 0 radical (unpaired) electrons. The average molecular weight is 377 g/mol. The molecule has 1 aliphatic rings. The van der Waals surface area contributed by atoms with Crippen LogP contribution in [0.15, 0.2) is 36.4 Å². The molecule has 5 nitrogen and oxygen atoms in total. The number of carbonyl (C=O) groups is 1. The van der Waals surface area contributed by atoms with Gasteiger partial charge in [0, 0.05) is 11.1 Å². The molecule has 0 aliphatic carbocycles. The summed E-state index contributed by atoms with van der Waals surface area (Å²) in [7, 11) is 3.08. The Morgan fingerprint density at radius 1 is 1.00 bits per heavy atom. The lowest BCUT2D eigenvalue weighted by Crippen LogP contribution is -3.13. The van der Waals surface area contributed by atoms with Gasteiger partial charge in [0.05, 0.1) is 40.4 Å². The van der Waals surface area contributed by atoms with E-state index in [9.17, 15) is 13.6 Å². The standard InChI is InChI=1S/C20H22F2N2O3/c1-26-18-6-4-15(12-19(18)27-2)20(25)24-9-7-23(8-10-24)13-14-3-5-16(21)17(22)11-14/h3-6,11-12H,7-10,13H2,1-2H3/p+1. The molecule has 0 unspecified atom stereocenters. The van der Waals surface area contributed by atoms with Gasteiger partial charge < -0.3 is 19.3 Å². The molecule has 144 valence electrons. The van der Waals surface area contributed by atoms with Crippen molar-refractivity contribution < 1.29 is 27.9 Å². The molecular formula is C20H23F2N2O3+. The second-order valence-corrected chi connectivity index (χ2v) is 6.54. The molecule has 1 fully saturated rings. The predicted molar refractivity (Wildman–Crippen MR) is 96.2 cm³/mol. The van der Waals surface area contributed by atoms with Crippen LogP contribution in [0.1, 0.15) is 15.9 Å². The van der Waals surface area contributed by atoms with E-state index in [0.717, 1.165) is 24.7 Å². The van der Waals surface area contributed by atoms with Crippen molar-refractivity contribution in [3.05, 3.63) is 59.2 Å². The van der Waals surface area contributed by atoms with E-state index < -0.39 is 11.6 Å². The third-order valence-corrected chi connectivity index (χ3v) is 4.83. The van der Waals surface area contributed by atoms with Crippen LogP contribution >= 0.6 is 0 Å². The first-order chi connectivity index (χ1) is 13.0. The summed E-state index contributed by atoms with van der Waals surface area (Å²) >= 11 is 0. The maximum atomic E-state index is 13.3. The van der Waals surface area contributed by atoms with Crippen LogP contribution in [0.5, 0.6) is 11.5 Å². The molecule has 7 heteroatoms. The monoisotopic (exact) mass is 377 g/mol. The summed E-state index contributed by atoms with van der Waals surface area (Å²) in [6.45, 7) is 3.31. The number of nitrogens with one attached hydrogen (secondary N) is 1. The van der Waals surface area contributed by atoms with Gasteiger partial charge in [0.1, 0.15) is 6.54 Å². The molecular weight excluding hydrogens is 354 g/mol. The van der Waals surface area contributed by atoms with Crippen LogP contribution in [0.4, 0.5) is 8.78 Å². The minimum absolute atomic E-state index is 0.0529. The van der Waals surface area contributed by atoms with E-state index in [-0.39, 0.29) is 5.91 Å². The second kappa shape index (κ2) is 8.35. The van der Waals surface area contributed by atoms with Crippen LogP contribution in [0.2, 0.25) is 0 Å². The van der Waals surface area contributed by atoms with Crippen LogP contribution in [0.3, 0.4) is 0 Å². The molecule has 0 bridgehead atoms. The summed E-state index contributed by atoms with van der Waals surface area (Å²) < 4.78 is 36.8. The van der Waals surface area contributed by atoms with Gasteiger partial charge in [-0.3, -0.25) is 4.79 Å². The van der Waals surface area contributed by atoms with Gasteiger partial charge in [0.2, 0.25) is 0 Å². The SMILES string of the molecule is COc1ccc(C(=O)N2CC[NH+](Cc3ccc(F)c(F)c3)CC2)cc1OC. The second-order valence-electron chi connectivity index (χ2n) is 6.54. The highest BCUT2D eigenvalue weighted by molar-refractivity contribution is 5.95. The van der Waals surface area contributed by atoms with E-state index in [0.29, 0.717) is 36.7 Å². The zero-order valence-corrected chi connectivity index (χ0v) is 15.4. The molecule has 1 amide bonds. The largest absolute Gasteiger partial charge is 0.493 e. The van der Waals surface area contributed by atoms with Gasteiger partial charge in [0.25, 0.3) is 5.91 Å². The maximum Gasteiger partial charge on any atom is 0.254 e. The number of ether oxygens (including phenoxy) is 2. The van der Waals surface area contributed by atoms with E-state index in [2.05, 4.69) is 0 Å². The Hall–Kier alpha value is -2.67. The normalized spacial score (nSPS) is 14.9. The number of hydrogen-bond acceptors (Lipinski definition) is 3. The Labute approximate surface area is 157 Å². The Bertz CT molecular complexity index is 821. The summed E-state index contributed by atoms with van der Waals surface area (Å²) in [5.41, 5.74) is 1.31. The average Bonchev–Trinajstić information content (AvgIpc) is 2.70. The number of amides is 1.